The van der Waals surface area contributed by atoms with E-state index in [1.54, 1.807) is 48.7 Å². The molecule has 9 heteroatoms. The smallest absolute Gasteiger partial charge is 0.257 e. The summed E-state index contributed by atoms with van der Waals surface area (Å²) in [5, 5.41) is 2.85. The van der Waals surface area contributed by atoms with E-state index in [2.05, 4.69) is 15.2 Å². The minimum atomic E-state index is -3.25. The minimum absolute atomic E-state index is 0.132. The largest absolute Gasteiger partial charge is 0.457 e. The maximum atomic E-state index is 12.6. The molecule has 2 unspecified atom stereocenters. The highest BCUT2D eigenvalue weighted by Gasteiger charge is 2.23. The number of sulfone groups is 1. The van der Waals surface area contributed by atoms with Crippen molar-refractivity contribution in [1.29, 1.82) is 0 Å². The Morgan fingerprint density at radius 3 is 2.09 bits per heavy atom. The molecule has 0 radical (unpaired) electrons. The molecule has 0 saturated carbocycles. The van der Waals surface area contributed by atoms with E-state index in [1.807, 2.05) is 19.9 Å². The van der Waals surface area contributed by atoms with Gasteiger partial charge < -0.3 is 19.7 Å². The molecule has 2 aromatic carbocycles. The van der Waals surface area contributed by atoms with E-state index in [1.165, 1.54) is 12.1 Å². The molecule has 0 bridgehead atoms. The first-order valence-corrected chi connectivity index (χ1v) is 12.8. The highest BCUT2D eigenvalue weighted by molar-refractivity contribution is 7.90. The summed E-state index contributed by atoms with van der Waals surface area (Å²) >= 11 is 0. The van der Waals surface area contributed by atoms with Crippen LogP contribution in [0.15, 0.2) is 71.8 Å². The number of pyridine rings is 1. The third kappa shape index (κ3) is 5.92. The van der Waals surface area contributed by atoms with Crippen LogP contribution in [0.3, 0.4) is 0 Å². The Bertz CT molecular complexity index is 1230. The molecular formula is C25H27N3O5S. The van der Waals surface area contributed by atoms with E-state index >= 15 is 0 Å². The number of hydrogen-bond donors (Lipinski definition) is 1. The summed E-state index contributed by atoms with van der Waals surface area (Å²) in [4.78, 5) is 19.5. The van der Waals surface area contributed by atoms with Crippen LogP contribution in [0.25, 0.3) is 0 Å². The molecule has 2 atom stereocenters. The number of amides is 1. The molecular weight excluding hydrogens is 454 g/mol. The number of benzene rings is 2. The van der Waals surface area contributed by atoms with Crippen molar-refractivity contribution in [2.24, 2.45) is 0 Å². The fourth-order valence-electron chi connectivity index (χ4n) is 3.77. The molecule has 0 aliphatic carbocycles. The normalized spacial score (nSPS) is 18.4. The summed E-state index contributed by atoms with van der Waals surface area (Å²) in [6.07, 6.45) is 3.00. The molecule has 1 aliphatic heterocycles. The quantitative estimate of drug-likeness (QED) is 0.565. The molecule has 1 N–H and O–H groups in total. The second kappa shape index (κ2) is 9.82. The molecule has 34 heavy (non-hydrogen) atoms. The van der Waals surface area contributed by atoms with Gasteiger partial charge in [-0.15, -0.1) is 0 Å². The zero-order valence-electron chi connectivity index (χ0n) is 19.3. The first kappa shape index (κ1) is 23.7. The highest BCUT2D eigenvalue weighted by Crippen LogP contribution is 2.25. The van der Waals surface area contributed by atoms with Gasteiger partial charge in [0, 0.05) is 31.2 Å². The lowest BCUT2D eigenvalue weighted by Crippen LogP contribution is -2.45. The molecule has 3 aromatic rings. The molecule has 4 rings (SSSR count). The predicted molar refractivity (Wildman–Crippen MR) is 130 cm³/mol. The summed E-state index contributed by atoms with van der Waals surface area (Å²) in [6, 6.07) is 16.7. The summed E-state index contributed by atoms with van der Waals surface area (Å²) in [5.41, 5.74) is 1.08. The van der Waals surface area contributed by atoms with Crippen LogP contribution in [-0.4, -0.2) is 50.9 Å². The van der Waals surface area contributed by atoms with Crippen LogP contribution in [0.2, 0.25) is 0 Å². The minimum Gasteiger partial charge on any atom is -0.457 e. The van der Waals surface area contributed by atoms with E-state index in [-0.39, 0.29) is 23.0 Å². The maximum absolute atomic E-state index is 12.6. The van der Waals surface area contributed by atoms with Gasteiger partial charge in [-0.1, -0.05) is 0 Å². The maximum Gasteiger partial charge on any atom is 0.257 e. The SMILES string of the molecule is CC1CN(c2ccc(C(=O)Nc3ccc(Oc4ccc(S(C)(=O)=O)cc4)cc3)cn2)CC(C)O1. The van der Waals surface area contributed by atoms with Crippen molar-refractivity contribution in [2.45, 2.75) is 31.0 Å². The van der Waals surface area contributed by atoms with Crippen LogP contribution >= 0.6 is 0 Å². The second-order valence-corrected chi connectivity index (χ2v) is 10.4. The van der Waals surface area contributed by atoms with Crippen LogP contribution in [0, 0.1) is 0 Å². The zero-order chi connectivity index (χ0) is 24.3. The number of hydrogen-bond acceptors (Lipinski definition) is 7. The summed E-state index contributed by atoms with van der Waals surface area (Å²) in [6.45, 7) is 5.60. The number of carbonyl (C=O) groups excluding carboxylic acids is 1. The molecule has 0 spiro atoms. The molecule has 1 aliphatic rings. The standard InChI is InChI=1S/C25H27N3O5S/c1-17-15-28(16-18(2)32-17)24-13-4-19(14-26-24)25(29)27-20-5-7-21(8-6-20)33-22-9-11-23(12-10-22)34(3,30)31/h4-14,17-18H,15-16H2,1-3H3,(H,27,29). The lowest BCUT2D eigenvalue weighted by Gasteiger charge is -2.36. The Morgan fingerprint density at radius 2 is 1.56 bits per heavy atom. The fourth-order valence-corrected chi connectivity index (χ4v) is 4.40. The zero-order valence-corrected chi connectivity index (χ0v) is 20.1. The number of ether oxygens (including phenoxy) is 2. The van der Waals surface area contributed by atoms with Gasteiger partial charge in [-0.05, 0) is 74.5 Å². The number of carbonyl (C=O) groups is 1. The summed E-state index contributed by atoms with van der Waals surface area (Å²) < 4.78 is 34.6. The topological polar surface area (TPSA) is 97.8 Å². The van der Waals surface area contributed by atoms with Gasteiger partial charge in [-0.2, -0.15) is 0 Å². The van der Waals surface area contributed by atoms with Crippen LogP contribution in [0.1, 0.15) is 24.2 Å². The number of nitrogens with one attached hydrogen (secondary N) is 1. The van der Waals surface area contributed by atoms with Crippen molar-refractivity contribution in [1.82, 2.24) is 4.98 Å². The first-order chi connectivity index (χ1) is 16.2. The molecule has 1 saturated heterocycles. The number of aromatic nitrogens is 1. The Balaban J connectivity index is 1.35. The van der Waals surface area contributed by atoms with Gasteiger partial charge in [0.1, 0.15) is 17.3 Å². The highest BCUT2D eigenvalue weighted by atomic mass is 32.2. The van der Waals surface area contributed by atoms with E-state index < -0.39 is 9.84 Å². The number of anilines is 2. The Morgan fingerprint density at radius 1 is 0.971 bits per heavy atom. The average Bonchev–Trinajstić information content (AvgIpc) is 2.79. The first-order valence-electron chi connectivity index (χ1n) is 10.9. The third-order valence-corrected chi connectivity index (χ3v) is 6.48. The molecule has 8 nitrogen and oxygen atoms in total. The van der Waals surface area contributed by atoms with Gasteiger partial charge >= 0.3 is 0 Å². The fraction of sp³-hybridized carbons (Fsp3) is 0.280. The van der Waals surface area contributed by atoms with E-state index in [4.69, 9.17) is 9.47 Å². The van der Waals surface area contributed by atoms with E-state index in [0.717, 1.165) is 25.2 Å². The summed E-state index contributed by atoms with van der Waals surface area (Å²) in [7, 11) is -3.25. The average molecular weight is 482 g/mol. The molecule has 1 amide bonds. The van der Waals surface area contributed by atoms with Crippen LogP contribution in [0.5, 0.6) is 11.5 Å². The Hall–Kier alpha value is -3.43. The molecule has 178 valence electrons. The van der Waals surface area contributed by atoms with Gasteiger partial charge in [0.25, 0.3) is 5.91 Å². The van der Waals surface area contributed by atoms with Crippen molar-refractivity contribution in [2.75, 3.05) is 29.6 Å². The predicted octanol–water partition coefficient (Wildman–Crippen LogP) is 4.14. The number of rotatable bonds is 6. The molecule has 1 fully saturated rings. The van der Waals surface area contributed by atoms with Crippen LogP contribution in [0.4, 0.5) is 11.5 Å². The van der Waals surface area contributed by atoms with Gasteiger partial charge in [0.2, 0.25) is 0 Å². The second-order valence-electron chi connectivity index (χ2n) is 8.39. The van der Waals surface area contributed by atoms with Crippen molar-refractivity contribution in [3.63, 3.8) is 0 Å². The van der Waals surface area contributed by atoms with Gasteiger partial charge in [-0.3, -0.25) is 4.79 Å². The Kier molecular flexibility index (Phi) is 6.85. The van der Waals surface area contributed by atoms with Crippen molar-refractivity contribution in [3.8, 4) is 11.5 Å². The molecule has 2 heterocycles. The van der Waals surface area contributed by atoms with Crippen molar-refractivity contribution < 1.29 is 22.7 Å². The van der Waals surface area contributed by atoms with Crippen molar-refractivity contribution in [3.05, 3.63) is 72.4 Å². The monoisotopic (exact) mass is 481 g/mol. The Labute approximate surface area is 199 Å². The van der Waals surface area contributed by atoms with Crippen LogP contribution < -0.4 is 15.0 Å². The van der Waals surface area contributed by atoms with Crippen LogP contribution in [-0.2, 0) is 14.6 Å². The van der Waals surface area contributed by atoms with Crippen molar-refractivity contribution >= 4 is 27.2 Å². The van der Waals surface area contributed by atoms with Gasteiger partial charge in [-0.25, -0.2) is 13.4 Å². The van der Waals surface area contributed by atoms with Gasteiger partial charge in [0.15, 0.2) is 9.84 Å². The number of morpholine rings is 1. The number of nitrogens with zero attached hydrogens (tertiary/aromatic N) is 2. The molecule has 1 aromatic heterocycles. The van der Waals surface area contributed by atoms with E-state index in [9.17, 15) is 13.2 Å². The third-order valence-electron chi connectivity index (χ3n) is 5.35. The van der Waals surface area contributed by atoms with Gasteiger partial charge in [0.05, 0.1) is 22.7 Å². The summed E-state index contributed by atoms with van der Waals surface area (Å²) in [5.74, 6) is 1.64. The lowest BCUT2D eigenvalue weighted by molar-refractivity contribution is -0.00546. The van der Waals surface area contributed by atoms with E-state index in [0.29, 0.717) is 22.7 Å². The lowest BCUT2D eigenvalue weighted by atomic mass is 10.2.